The first kappa shape index (κ1) is 15.4. The van der Waals surface area contributed by atoms with E-state index in [0.717, 1.165) is 48.3 Å². The first-order valence-electron chi connectivity index (χ1n) is 7.41. The van der Waals surface area contributed by atoms with E-state index in [1.54, 1.807) is 0 Å². The molecule has 0 unspecified atom stereocenters. The summed E-state index contributed by atoms with van der Waals surface area (Å²) in [5, 5.41) is 3.20. The summed E-state index contributed by atoms with van der Waals surface area (Å²) < 4.78 is 0. The zero-order chi connectivity index (χ0) is 14.8. The monoisotopic (exact) mass is 293 g/mol. The number of hydrogen-bond donors (Lipinski definition) is 1. The molecule has 0 saturated heterocycles. The molecule has 110 valence electrons. The van der Waals surface area contributed by atoms with Gasteiger partial charge in [-0.3, -0.25) is 4.79 Å². The molecular weight excluding hydrogens is 270 g/mol. The van der Waals surface area contributed by atoms with Crippen LogP contribution in [0.25, 0.3) is 0 Å². The fraction of sp³-hybridized carbons (Fsp3) is 0.588. The van der Waals surface area contributed by atoms with Gasteiger partial charge in [0.25, 0.3) is 5.91 Å². The number of alkyl halides is 1. The van der Waals surface area contributed by atoms with Crippen LogP contribution in [-0.2, 0) is 0 Å². The molecule has 0 heterocycles. The minimum Gasteiger partial charge on any atom is -0.345 e. The van der Waals surface area contributed by atoms with Crippen LogP contribution in [0.15, 0.2) is 18.2 Å². The summed E-state index contributed by atoms with van der Waals surface area (Å²) in [5.74, 6) is 1.24. The Bertz CT molecular complexity index is 470. The van der Waals surface area contributed by atoms with E-state index in [0.29, 0.717) is 5.88 Å². The SMILES string of the molecule is Cc1cc(C)cc(C(=O)NC2(CCl)CCC(C)CC2)c1. The Morgan fingerprint density at radius 1 is 1.25 bits per heavy atom. The quantitative estimate of drug-likeness (QED) is 0.831. The Morgan fingerprint density at radius 3 is 2.30 bits per heavy atom. The number of rotatable bonds is 3. The summed E-state index contributed by atoms with van der Waals surface area (Å²) in [7, 11) is 0. The number of carbonyl (C=O) groups excluding carboxylic acids is 1. The highest BCUT2D eigenvalue weighted by Crippen LogP contribution is 2.33. The lowest BCUT2D eigenvalue weighted by atomic mass is 9.78. The molecule has 3 heteroatoms. The van der Waals surface area contributed by atoms with E-state index in [9.17, 15) is 4.79 Å². The van der Waals surface area contributed by atoms with Gasteiger partial charge in [-0.1, -0.05) is 24.1 Å². The highest BCUT2D eigenvalue weighted by atomic mass is 35.5. The third-order valence-electron chi connectivity index (χ3n) is 4.35. The van der Waals surface area contributed by atoms with Gasteiger partial charge in [0.05, 0.1) is 5.54 Å². The molecule has 1 aliphatic carbocycles. The Balaban J connectivity index is 2.13. The third-order valence-corrected chi connectivity index (χ3v) is 4.86. The molecule has 20 heavy (non-hydrogen) atoms. The standard InChI is InChI=1S/C17H24ClNO/c1-12-4-6-17(11-18,7-5-12)19-16(20)15-9-13(2)8-14(3)10-15/h8-10,12H,4-7,11H2,1-3H3,(H,19,20). The molecule has 2 nitrogen and oxygen atoms in total. The average Bonchev–Trinajstić information content (AvgIpc) is 2.40. The molecule has 1 fully saturated rings. The second-order valence-electron chi connectivity index (χ2n) is 6.43. The molecule has 0 atom stereocenters. The predicted octanol–water partition coefficient (Wildman–Crippen LogP) is 4.22. The number of halogens is 1. The summed E-state index contributed by atoms with van der Waals surface area (Å²) >= 11 is 6.16. The minimum absolute atomic E-state index is 0.00648. The van der Waals surface area contributed by atoms with Gasteiger partial charge in [0.1, 0.15) is 0 Å². The molecule has 1 amide bonds. The van der Waals surface area contributed by atoms with E-state index in [4.69, 9.17) is 11.6 Å². The van der Waals surface area contributed by atoms with Gasteiger partial charge in [0, 0.05) is 11.4 Å². The van der Waals surface area contributed by atoms with E-state index < -0.39 is 0 Å². The fourth-order valence-electron chi connectivity index (χ4n) is 3.03. The lowest BCUT2D eigenvalue weighted by Crippen LogP contribution is -2.52. The van der Waals surface area contributed by atoms with Crippen LogP contribution >= 0.6 is 11.6 Å². The van der Waals surface area contributed by atoms with Crippen LogP contribution in [0.5, 0.6) is 0 Å². The van der Waals surface area contributed by atoms with Gasteiger partial charge >= 0.3 is 0 Å². The number of hydrogen-bond acceptors (Lipinski definition) is 1. The lowest BCUT2D eigenvalue weighted by molar-refractivity contribution is 0.0872. The van der Waals surface area contributed by atoms with Crippen LogP contribution in [0, 0.1) is 19.8 Å². The number of nitrogens with one attached hydrogen (secondary N) is 1. The molecule has 2 rings (SSSR count). The molecule has 0 radical (unpaired) electrons. The summed E-state index contributed by atoms with van der Waals surface area (Å²) in [4.78, 5) is 12.5. The van der Waals surface area contributed by atoms with Crippen molar-refractivity contribution in [1.29, 1.82) is 0 Å². The topological polar surface area (TPSA) is 29.1 Å². The zero-order valence-electron chi connectivity index (χ0n) is 12.6. The molecule has 0 aliphatic heterocycles. The first-order chi connectivity index (χ1) is 9.44. The van der Waals surface area contributed by atoms with Crippen molar-refractivity contribution in [3.63, 3.8) is 0 Å². The number of benzene rings is 1. The molecule has 1 aromatic carbocycles. The lowest BCUT2D eigenvalue weighted by Gasteiger charge is -2.38. The highest BCUT2D eigenvalue weighted by molar-refractivity contribution is 6.19. The highest BCUT2D eigenvalue weighted by Gasteiger charge is 2.35. The zero-order valence-corrected chi connectivity index (χ0v) is 13.4. The minimum atomic E-state index is -0.219. The van der Waals surface area contributed by atoms with Crippen LogP contribution < -0.4 is 5.32 Å². The van der Waals surface area contributed by atoms with E-state index in [2.05, 4.69) is 18.3 Å². The van der Waals surface area contributed by atoms with Crippen LogP contribution in [0.2, 0.25) is 0 Å². The summed E-state index contributed by atoms with van der Waals surface area (Å²) in [6.45, 7) is 6.30. The maximum atomic E-state index is 12.5. The molecular formula is C17H24ClNO. The average molecular weight is 294 g/mol. The van der Waals surface area contributed by atoms with E-state index in [-0.39, 0.29) is 11.4 Å². The maximum absolute atomic E-state index is 12.5. The fourth-order valence-corrected chi connectivity index (χ4v) is 3.36. The summed E-state index contributed by atoms with van der Waals surface area (Å²) in [6.07, 6.45) is 4.24. The Morgan fingerprint density at radius 2 is 1.80 bits per heavy atom. The van der Waals surface area contributed by atoms with E-state index in [1.807, 2.05) is 26.0 Å². The smallest absolute Gasteiger partial charge is 0.251 e. The first-order valence-corrected chi connectivity index (χ1v) is 7.94. The number of aryl methyl sites for hydroxylation is 2. The van der Waals surface area contributed by atoms with E-state index in [1.165, 1.54) is 0 Å². The van der Waals surface area contributed by atoms with Crippen molar-refractivity contribution in [3.8, 4) is 0 Å². The van der Waals surface area contributed by atoms with Crippen LogP contribution in [0.1, 0.15) is 54.1 Å². The summed E-state index contributed by atoms with van der Waals surface area (Å²) in [5.41, 5.74) is 2.76. The Kier molecular flexibility index (Phi) is 4.74. The van der Waals surface area contributed by atoms with Crippen molar-refractivity contribution in [2.45, 2.75) is 52.0 Å². The summed E-state index contributed by atoms with van der Waals surface area (Å²) in [6, 6.07) is 5.96. The van der Waals surface area contributed by atoms with Gasteiger partial charge in [-0.15, -0.1) is 11.6 Å². The molecule has 1 aromatic rings. The van der Waals surface area contributed by atoms with Crippen molar-refractivity contribution < 1.29 is 4.79 Å². The Labute approximate surface area is 126 Å². The third kappa shape index (κ3) is 3.54. The molecule has 1 saturated carbocycles. The van der Waals surface area contributed by atoms with E-state index >= 15 is 0 Å². The largest absolute Gasteiger partial charge is 0.345 e. The van der Waals surface area contributed by atoms with Crippen LogP contribution in [0.4, 0.5) is 0 Å². The van der Waals surface area contributed by atoms with Gasteiger partial charge < -0.3 is 5.32 Å². The normalized spacial score (nSPS) is 26.3. The molecule has 0 spiro atoms. The molecule has 1 aliphatic rings. The number of amides is 1. The van der Waals surface area contributed by atoms with Crippen LogP contribution in [0.3, 0.4) is 0 Å². The van der Waals surface area contributed by atoms with Crippen molar-refractivity contribution in [1.82, 2.24) is 5.32 Å². The van der Waals surface area contributed by atoms with Crippen molar-refractivity contribution >= 4 is 17.5 Å². The number of carbonyl (C=O) groups is 1. The Hall–Kier alpha value is -1.02. The van der Waals surface area contributed by atoms with Gasteiger partial charge in [0.2, 0.25) is 0 Å². The molecule has 1 N–H and O–H groups in total. The van der Waals surface area contributed by atoms with Gasteiger partial charge in [-0.2, -0.15) is 0 Å². The predicted molar refractivity (Wildman–Crippen MR) is 84.5 cm³/mol. The van der Waals surface area contributed by atoms with Crippen molar-refractivity contribution in [2.24, 2.45) is 5.92 Å². The second kappa shape index (κ2) is 6.17. The van der Waals surface area contributed by atoms with Crippen LogP contribution in [-0.4, -0.2) is 17.3 Å². The van der Waals surface area contributed by atoms with Gasteiger partial charge in [0.15, 0.2) is 0 Å². The van der Waals surface area contributed by atoms with Crippen molar-refractivity contribution in [2.75, 3.05) is 5.88 Å². The van der Waals surface area contributed by atoms with Crippen molar-refractivity contribution in [3.05, 3.63) is 34.9 Å². The maximum Gasteiger partial charge on any atom is 0.251 e. The second-order valence-corrected chi connectivity index (χ2v) is 6.69. The molecule has 0 aromatic heterocycles. The van der Waals surface area contributed by atoms with Gasteiger partial charge in [-0.25, -0.2) is 0 Å². The van der Waals surface area contributed by atoms with Gasteiger partial charge in [-0.05, 0) is 57.6 Å². The molecule has 0 bridgehead atoms.